The second kappa shape index (κ2) is 6.20. The highest BCUT2D eigenvalue weighted by molar-refractivity contribution is 4.87. The van der Waals surface area contributed by atoms with E-state index in [2.05, 4.69) is 24.9 Å². The SMILES string of the molecule is CC1CCC(N(C)CC=CCN)CC1. The van der Waals surface area contributed by atoms with Crippen LogP contribution in [0.1, 0.15) is 32.6 Å². The zero-order valence-electron chi connectivity index (χ0n) is 9.58. The number of rotatable bonds is 4. The summed E-state index contributed by atoms with van der Waals surface area (Å²) in [5.74, 6) is 0.944. The molecule has 82 valence electrons. The van der Waals surface area contributed by atoms with E-state index in [9.17, 15) is 0 Å². The van der Waals surface area contributed by atoms with Gasteiger partial charge in [-0.2, -0.15) is 0 Å². The van der Waals surface area contributed by atoms with E-state index >= 15 is 0 Å². The van der Waals surface area contributed by atoms with Crippen LogP contribution < -0.4 is 5.73 Å². The lowest BCUT2D eigenvalue weighted by atomic mass is 9.87. The molecule has 2 N–H and O–H groups in total. The molecule has 0 aromatic rings. The molecule has 1 rings (SSSR count). The van der Waals surface area contributed by atoms with Gasteiger partial charge in [0, 0.05) is 19.1 Å². The van der Waals surface area contributed by atoms with Crippen molar-refractivity contribution in [2.24, 2.45) is 11.7 Å². The maximum atomic E-state index is 5.41. The molecule has 1 aliphatic rings. The molecule has 0 spiro atoms. The highest BCUT2D eigenvalue weighted by atomic mass is 15.1. The third-order valence-corrected chi connectivity index (χ3v) is 3.30. The Bertz CT molecular complexity index is 169. The van der Waals surface area contributed by atoms with Gasteiger partial charge in [0.25, 0.3) is 0 Å². The molecule has 0 aliphatic heterocycles. The Morgan fingerprint density at radius 3 is 2.43 bits per heavy atom. The van der Waals surface area contributed by atoms with E-state index in [4.69, 9.17) is 5.73 Å². The van der Waals surface area contributed by atoms with Crippen LogP contribution in [0.15, 0.2) is 12.2 Å². The van der Waals surface area contributed by atoms with E-state index < -0.39 is 0 Å². The summed E-state index contributed by atoms with van der Waals surface area (Å²) >= 11 is 0. The largest absolute Gasteiger partial charge is 0.327 e. The first-order chi connectivity index (χ1) is 6.74. The van der Waals surface area contributed by atoms with Crippen LogP contribution in [0.4, 0.5) is 0 Å². The minimum Gasteiger partial charge on any atom is -0.327 e. The predicted molar refractivity (Wildman–Crippen MR) is 62.2 cm³/mol. The zero-order valence-corrected chi connectivity index (χ0v) is 9.58. The van der Waals surface area contributed by atoms with E-state index in [0.29, 0.717) is 6.54 Å². The molecule has 1 saturated carbocycles. The molecule has 0 aromatic carbocycles. The Kier molecular flexibility index (Phi) is 5.20. The fraction of sp³-hybridized carbons (Fsp3) is 0.833. The Balaban J connectivity index is 2.23. The van der Waals surface area contributed by atoms with Crippen molar-refractivity contribution in [2.45, 2.75) is 38.6 Å². The van der Waals surface area contributed by atoms with E-state index in [1.807, 2.05) is 6.08 Å². The Morgan fingerprint density at radius 1 is 1.21 bits per heavy atom. The van der Waals surface area contributed by atoms with Crippen LogP contribution in [-0.2, 0) is 0 Å². The topological polar surface area (TPSA) is 29.3 Å². The molecule has 1 aliphatic carbocycles. The van der Waals surface area contributed by atoms with Crippen molar-refractivity contribution in [2.75, 3.05) is 20.1 Å². The quantitative estimate of drug-likeness (QED) is 0.697. The smallest absolute Gasteiger partial charge is 0.0163 e. The average Bonchev–Trinajstić information content (AvgIpc) is 2.19. The molecule has 0 bridgehead atoms. The number of likely N-dealkylation sites (N-methyl/N-ethyl adjacent to an activating group) is 1. The summed E-state index contributed by atoms with van der Waals surface area (Å²) < 4.78 is 0. The molecule has 2 heteroatoms. The van der Waals surface area contributed by atoms with Gasteiger partial charge < -0.3 is 5.73 Å². The van der Waals surface area contributed by atoms with Crippen molar-refractivity contribution in [3.8, 4) is 0 Å². The van der Waals surface area contributed by atoms with Crippen LogP contribution in [-0.4, -0.2) is 31.1 Å². The van der Waals surface area contributed by atoms with Crippen LogP contribution >= 0.6 is 0 Å². The van der Waals surface area contributed by atoms with Crippen molar-refractivity contribution in [1.29, 1.82) is 0 Å². The van der Waals surface area contributed by atoms with Gasteiger partial charge in [0.2, 0.25) is 0 Å². The molecule has 0 radical (unpaired) electrons. The summed E-state index contributed by atoms with van der Waals surface area (Å²) in [6.07, 6.45) is 9.76. The van der Waals surface area contributed by atoms with Gasteiger partial charge >= 0.3 is 0 Å². The minimum atomic E-state index is 0.662. The normalized spacial score (nSPS) is 28.9. The van der Waals surface area contributed by atoms with E-state index in [0.717, 1.165) is 18.5 Å². The van der Waals surface area contributed by atoms with Crippen LogP contribution in [0.25, 0.3) is 0 Å². The maximum Gasteiger partial charge on any atom is 0.0163 e. The first-order valence-electron chi connectivity index (χ1n) is 5.79. The standard InChI is InChI=1S/C12H24N2/c1-11-5-7-12(8-6-11)14(2)10-4-3-9-13/h3-4,11-12H,5-10,13H2,1-2H3. The van der Waals surface area contributed by atoms with Gasteiger partial charge in [0.15, 0.2) is 0 Å². The fourth-order valence-corrected chi connectivity index (χ4v) is 2.17. The molecule has 0 atom stereocenters. The number of nitrogens with two attached hydrogens (primary N) is 1. The molecule has 0 unspecified atom stereocenters. The lowest BCUT2D eigenvalue weighted by Gasteiger charge is -2.32. The van der Waals surface area contributed by atoms with Gasteiger partial charge in [0.05, 0.1) is 0 Å². The van der Waals surface area contributed by atoms with Crippen molar-refractivity contribution < 1.29 is 0 Å². The summed E-state index contributed by atoms with van der Waals surface area (Å²) in [7, 11) is 2.22. The summed E-state index contributed by atoms with van der Waals surface area (Å²) in [4.78, 5) is 2.46. The number of hydrogen-bond donors (Lipinski definition) is 1. The van der Waals surface area contributed by atoms with Crippen LogP contribution in [0, 0.1) is 5.92 Å². The second-order valence-corrected chi connectivity index (χ2v) is 4.56. The average molecular weight is 196 g/mol. The third kappa shape index (κ3) is 3.81. The van der Waals surface area contributed by atoms with Crippen LogP contribution in [0.5, 0.6) is 0 Å². The summed E-state index contributed by atoms with van der Waals surface area (Å²) in [5.41, 5.74) is 5.41. The van der Waals surface area contributed by atoms with Crippen molar-refractivity contribution in [3.63, 3.8) is 0 Å². The van der Waals surface area contributed by atoms with Crippen LogP contribution in [0.3, 0.4) is 0 Å². The molecule has 1 fully saturated rings. The first-order valence-corrected chi connectivity index (χ1v) is 5.79. The molecule has 14 heavy (non-hydrogen) atoms. The predicted octanol–water partition coefficient (Wildman–Crippen LogP) is 2.01. The molecule has 0 amide bonds. The Labute approximate surface area is 88.2 Å². The lowest BCUT2D eigenvalue weighted by Crippen LogP contribution is -2.34. The van der Waals surface area contributed by atoms with E-state index in [1.165, 1.54) is 25.7 Å². The molecule has 0 aromatic heterocycles. The highest BCUT2D eigenvalue weighted by Crippen LogP contribution is 2.26. The van der Waals surface area contributed by atoms with Crippen molar-refractivity contribution >= 4 is 0 Å². The monoisotopic (exact) mass is 196 g/mol. The maximum absolute atomic E-state index is 5.41. The van der Waals surface area contributed by atoms with Crippen molar-refractivity contribution in [1.82, 2.24) is 4.90 Å². The van der Waals surface area contributed by atoms with Gasteiger partial charge in [-0.25, -0.2) is 0 Å². The summed E-state index contributed by atoms with van der Waals surface area (Å²) in [6.45, 7) is 4.08. The van der Waals surface area contributed by atoms with Gasteiger partial charge in [-0.1, -0.05) is 19.1 Å². The zero-order chi connectivity index (χ0) is 10.4. The Hall–Kier alpha value is -0.340. The Morgan fingerprint density at radius 2 is 1.86 bits per heavy atom. The number of nitrogens with zero attached hydrogens (tertiary/aromatic N) is 1. The number of hydrogen-bond acceptors (Lipinski definition) is 2. The summed E-state index contributed by atoms with van der Waals surface area (Å²) in [6, 6.07) is 0.800. The van der Waals surface area contributed by atoms with E-state index in [1.54, 1.807) is 0 Å². The molecular weight excluding hydrogens is 172 g/mol. The molecule has 0 saturated heterocycles. The molecular formula is C12H24N2. The fourth-order valence-electron chi connectivity index (χ4n) is 2.17. The van der Waals surface area contributed by atoms with Gasteiger partial charge in [-0.15, -0.1) is 0 Å². The van der Waals surface area contributed by atoms with Gasteiger partial charge in [-0.3, -0.25) is 4.90 Å². The highest BCUT2D eigenvalue weighted by Gasteiger charge is 2.20. The van der Waals surface area contributed by atoms with Crippen molar-refractivity contribution in [3.05, 3.63) is 12.2 Å². The lowest BCUT2D eigenvalue weighted by molar-refractivity contribution is 0.184. The molecule has 2 nitrogen and oxygen atoms in total. The van der Waals surface area contributed by atoms with E-state index in [-0.39, 0.29) is 0 Å². The summed E-state index contributed by atoms with van der Waals surface area (Å²) in [5, 5.41) is 0. The third-order valence-electron chi connectivity index (χ3n) is 3.30. The van der Waals surface area contributed by atoms with Gasteiger partial charge in [-0.05, 0) is 38.6 Å². The minimum absolute atomic E-state index is 0.662. The van der Waals surface area contributed by atoms with Gasteiger partial charge in [0.1, 0.15) is 0 Å². The second-order valence-electron chi connectivity index (χ2n) is 4.56. The molecule has 0 heterocycles. The first kappa shape index (κ1) is 11.7. The van der Waals surface area contributed by atoms with Crippen LogP contribution in [0.2, 0.25) is 0 Å².